The predicted octanol–water partition coefficient (Wildman–Crippen LogP) is 6.40. The van der Waals surface area contributed by atoms with Gasteiger partial charge in [-0.25, -0.2) is 0 Å². The number of allylic oxidation sites excluding steroid dienone is 3. The lowest BCUT2D eigenvalue weighted by molar-refractivity contribution is -0.137. The molecule has 50 heavy (non-hydrogen) atoms. The molecule has 5 nitrogen and oxygen atoms in total. The maximum absolute atomic E-state index is 12.1. The average molecular weight is 676 g/mol. The van der Waals surface area contributed by atoms with E-state index in [4.69, 9.17) is 0 Å². The molecule has 3 aliphatic rings. The van der Waals surface area contributed by atoms with Crippen molar-refractivity contribution >= 4 is 19.1 Å². The number of hydrogen-bond donors (Lipinski definition) is 1. The summed E-state index contributed by atoms with van der Waals surface area (Å²) in [6.45, 7) is 24.3. The summed E-state index contributed by atoms with van der Waals surface area (Å²) < 4.78 is 5.04. The molecule has 2 heterocycles. The van der Waals surface area contributed by atoms with Gasteiger partial charge in [0.15, 0.2) is 0 Å². The molecule has 0 bridgehead atoms. The molecule has 2 aromatic rings. The molecule has 1 N–H and O–H groups in total. The van der Waals surface area contributed by atoms with Gasteiger partial charge in [-0.15, -0.1) is 18.2 Å². The molecule has 2 aromatic carbocycles. The summed E-state index contributed by atoms with van der Waals surface area (Å²) in [6, 6.07) is 15.8. The zero-order valence-electron chi connectivity index (χ0n) is 31.9. The molecule has 0 spiro atoms. The quantitative estimate of drug-likeness (QED) is 0.135. The molecule has 5 heteroatoms. The van der Waals surface area contributed by atoms with Gasteiger partial charge in [-0.3, -0.25) is 4.79 Å². The number of carboxylic acids is 1. The minimum Gasteiger partial charge on any atom is -0.480 e. The smallest absolute Gasteiger partial charge is 0.323 e. The Hall–Kier alpha value is -3.99. The Balaban J connectivity index is 1.54. The largest absolute Gasteiger partial charge is 0.480 e. The fraction of sp³-hybridized carbons (Fsp3) is 0.489. The number of aliphatic carboxylic acids is 1. The number of unbranched alkanes of at least 4 members (excludes halogenated alkanes) is 4. The summed E-state index contributed by atoms with van der Waals surface area (Å²) in [4.78, 5) is 14.1. The number of nitrogens with zero attached hydrogens (tertiary/aromatic N) is 3. The molecule has 0 fully saturated rings. The molecule has 1 unspecified atom stereocenters. The third-order valence-electron chi connectivity index (χ3n) is 11.2. The summed E-state index contributed by atoms with van der Waals surface area (Å²) in [5, 5.41) is 14.6. The van der Waals surface area contributed by atoms with E-state index in [1.807, 2.05) is 11.9 Å². The van der Waals surface area contributed by atoms with Crippen molar-refractivity contribution in [2.75, 3.05) is 26.7 Å². The second kappa shape index (κ2) is 15.5. The number of carboxylic acid groups (broad SMARTS) is 1. The Bertz CT molecular complexity index is 1900. The molecule has 0 radical (unpaired) electrons. The molecule has 1 atom stereocenters. The first-order chi connectivity index (χ1) is 23.8. The maximum atomic E-state index is 12.1. The van der Waals surface area contributed by atoms with Crippen LogP contribution >= 0.6 is 0 Å². The van der Waals surface area contributed by atoms with Gasteiger partial charge in [0.2, 0.25) is 0 Å². The van der Waals surface area contributed by atoms with E-state index in [0.717, 1.165) is 61.3 Å². The predicted molar refractivity (Wildman–Crippen MR) is 209 cm³/mol. The minimum atomic E-state index is -0.808. The van der Waals surface area contributed by atoms with Crippen molar-refractivity contribution < 1.29 is 9.90 Å². The Morgan fingerprint density at radius 3 is 1.90 bits per heavy atom. The SMILES string of the molecule is C=c1ccc2c(c1)C(C)(C)[C-](C=CC1CCCC(/C=C/[C-]3[N+](CCCCC)=c4ccc(=C)cc4C3(C)C)=C1N(C)CC(=O)O)[N+]=2CCCCC. The Morgan fingerprint density at radius 2 is 1.40 bits per heavy atom. The standard InChI is InChI=1S/C45H61N3O2/c1-10-12-14-27-47-38-23-19-32(3)29-36(38)44(5,6)40(47)25-21-34-17-16-18-35(43(34)46(9)31-42(49)50)22-26-41-45(7,8)37-30-33(4)20-24-39(37)48(41)28-15-13-11-2/h19-26,29-30,34H,3-4,10-18,27-28,31H2,1-2,5-9H3,(H,49,50)/b25-21?,26-22+. The van der Waals surface area contributed by atoms with E-state index in [2.05, 4.69) is 125 Å². The van der Waals surface area contributed by atoms with Gasteiger partial charge in [0.05, 0.1) is 12.1 Å². The van der Waals surface area contributed by atoms with Crippen LogP contribution in [0.15, 0.2) is 72.0 Å². The molecule has 0 amide bonds. The van der Waals surface area contributed by atoms with Crippen LogP contribution in [0.3, 0.4) is 0 Å². The van der Waals surface area contributed by atoms with Crippen molar-refractivity contribution in [1.29, 1.82) is 0 Å². The van der Waals surface area contributed by atoms with Crippen LogP contribution in [0.1, 0.15) is 110 Å². The van der Waals surface area contributed by atoms with Gasteiger partial charge in [-0.2, -0.15) is 6.08 Å². The first kappa shape index (κ1) is 37.3. The number of benzene rings is 2. The van der Waals surface area contributed by atoms with Crippen LogP contribution in [0.4, 0.5) is 0 Å². The molecule has 1 aliphatic carbocycles. The Kier molecular flexibility index (Phi) is 11.5. The first-order valence-electron chi connectivity index (χ1n) is 19.1. The Morgan fingerprint density at radius 1 is 0.880 bits per heavy atom. The number of rotatable bonds is 15. The first-order valence-corrected chi connectivity index (χ1v) is 19.1. The topological polar surface area (TPSA) is 46.6 Å². The maximum Gasteiger partial charge on any atom is 0.323 e. The van der Waals surface area contributed by atoms with Crippen molar-refractivity contribution in [2.24, 2.45) is 5.92 Å². The zero-order chi connectivity index (χ0) is 36.2. The van der Waals surface area contributed by atoms with Gasteiger partial charge in [0.1, 0.15) is 30.3 Å². The van der Waals surface area contributed by atoms with Crippen LogP contribution in [0.25, 0.3) is 13.2 Å². The van der Waals surface area contributed by atoms with E-state index in [9.17, 15) is 9.90 Å². The van der Waals surface area contributed by atoms with E-state index in [-0.39, 0.29) is 23.3 Å². The van der Waals surface area contributed by atoms with Crippen molar-refractivity contribution in [3.8, 4) is 0 Å². The summed E-state index contributed by atoms with van der Waals surface area (Å²) in [7, 11) is 1.95. The van der Waals surface area contributed by atoms with Crippen LogP contribution in [0, 0.1) is 18.0 Å². The van der Waals surface area contributed by atoms with Gasteiger partial charge in [-0.05, 0) is 64.6 Å². The van der Waals surface area contributed by atoms with Crippen LogP contribution in [0.2, 0.25) is 0 Å². The monoisotopic (exact) mass is 675 g/mol. The fourth-order valence-electron chi connectivity index (χ4n) is 8.54. The van der Waals surface area contributed by atoms with Crippen molar-refractivity contribution in [1.82, 2.24) is 14.1 Å². The lowest BCUT2D eigenvalue weighted by atomic mass is 9.78. The molecule has 268 valence electrons. The van der Waals surface area contributed by atoms with Crippen LogP contribution in [0.5, 0.6) is 0 Å². The van der Waals surface area contributed by atoms with Gasteiger partial charge in [0.25, 0.3) is 0 Å². The molecule has 2 aliphatic heterocycles. The fourth-order valence-corrected chi connectivity index (χ4v) is 8.54. The zero-order valence-corrected chi connectivity index (χ0v) is 31.9. The molecular weight excluding hydrogens is 615 g/mol. The van der Waals surface area contributed by atoms with Crippen molar-refractivity contribution in [3.05, 3.63) is 116 Å². The van der Waals surface area contributed by atoms with E-state index in [1.165, 1.54) is 65.2 Å². The van der Waals surface area contributed by atoms with Gasteiger partial charge >= 0.3 is 5.97 Å². The van der Waals surface area contributed by atoms with Crippen LogP contribution in [-0.2, 0) is 15.6 Å². The minimum absolute atomic E-state index is 0.0249. The lowest BCUT2D eigenvalue weighted by Crippen LogP contribution is -2.34. The molecule has 0 aromatic heterocycles. The number of hydrogen-bond acceptors (Lipinski definition) is 2. The Labute approximate surface area is 301 Å². The number of likely N-dealkylation sites (N-methyl/N-ethyl adjacent to an activating group) is 1. The van der Waals surface area contributed by atoms with E-state index < -0.39 is 5.97 Å². The highest BCUT2D eigenvalue weighted by molar-refractivity contribution is 5.69. The molecular formula is C45H61N3O2. The summed E-state index contributed by atoms with van der Waals surface area (Å²) in [6.07, 6.45) is 19.4. The normalized spacial score (nSPS) is 19.6. The molecule has 0 saturated carbocycles. The van der Waals surface area contributed by atoms with Gasteiger partial charge < -0.3 is 19.2 Å². The second-order valence-corrected chi connectivity index (χ2v) is 15.8. The van der Waals surface area contributed by atoms with E-state index >= 15 is 0 Å². The third-order valence-corrected chi connectivity index (χ3v) is 11.2. The number of fused-ring (bicyclic) bond motifs is 2. The second-order valence-electron chi connectivity index (χ2n) is 15.8. The lowest BCUT2D eigenvalue weighted by Gasteiger charge is -2.36. The highest BCUT2D eigenvalue weighted by Gasteiger charge is 2.41. The summed E-state index contributed by atoms with van der Waals surface area (Å²) >= 11 is 0. The number of carbonyl (C=O) groups is 1. The highest BCUT2D eigenvalue weighted by atomic mass is 16.4. The van der Waals surface area contributed by atoms with Gasteiger partial charge in [0, 0.05) is 30.7 Å². The molecule has 5 rings (SSSR count). The average Bonchev–Trinajstić information content (AvgIpc) is 3.39. The van der Waals surface area contributed by atoms with Gasteiger partial charge in [-0.1, -0.05) is 110 Å². The highest BCUT2D eigenvalue weighted by Crippen LogP contribution is 2.40. The summed E-state index contributed by atoms with van der Waals surface area (Å²) in [5.41, 5.74) is 4.70. The molecule has 0 saturated heterocycles. The van der Waals surface area contributed by atoms with Crippen molar-refractivity contribution in [3.63, 3.8) is 0 Å². The third kappa shape index (κ3) is 7.53. The summed E-state index contributed by atoms with van der Waals surface area (Å²) in [5.74, 6) is -0.689. The van der Waals surface area contributed by atoms with E-state index in [1.54, 1.807) is 0 Å². The van der Waals surface area contributed by atoms with E-state index in [0.29, 0.717) is 0 Å². The van der Waals surface area contributed by atoms with Crippen LogP contribution < -0.4 is 30.3 Å². The van der Waals surface area contributed by atoms with Crippen molar-refractivity contribution in [2.45, 2.75) is 110 Å². The van der Waals surface area contributed by atoms with Crippen LogP contribution in [-0.4, -0.2) is 42.7 Å².